The van der Waals surface area contributed by atoms with E-state index in [-0.39, 0.29) is 6.54 Å². The van der Waals surface area contributed by atoms with Crippen LogP contribution in [0.5, 0.6) is 0 Å². The van der Waals surface area contributed by atoms with Crippen molar-refractivity contribution in [1.29, 1.82) is 0 Å². The minimum absolute atomic E-state index is 0.0931. The number of aryl methyl sites for hydroxylation is 1. The van der Waals surface area contributed by atoms with Crippen molar-refractivity contribution in [1.82, 2.24) is 9.55 Å². The van der Waals surface area contributed by atoms with Crippen LogP contribution in [0.15, 0.2) is 23.6 Å². The van der Waals surface area contributed by atoms with E-state index in [2.05, 4.69) is 15.0 Å². The number of carbonyl (C=O) groups is 1. The van der Waals surface area contributed by atoms with Crippen molar-refractivity contribution in [3.05, 3.63) is 40.2 Å². The fraction of sp³-hybridized carbons (Fsp3) is 0.333. The third-order valence-corrected chi connectivity index (χ3v) is 2.89. The third-order valence-electron chi connectivity index (χ3n) is 2.89. The maximum absolute atomic E-state index is 12.1. The quantitative estimate of drug-likeness (QED) is 0.365. The van der Waals surface area contributed by atoms with Gasteiger partial charge in [-0.15, -0.1) is 0 Å². The highest BCUT2D eigenvalue weighted by atomic mass is 16.5. The number of ether oxygens (including phenoxy) is 1. The molecule has 0 unspecified atom stereocenters. The first-order chi connectivity index (χ1) is 9.20. The van der Waals surface area contributed by atoms with Gasteiger partial charge in [-0.25, -0.2) is 4.79 Å². The van der Waals surface area contributed by atoms with Crippen LogP contribution in [-0.2, 0) is 18.3 Å². The molecule has 0 aliphatic carbocycles. The summed E-state index contributed by atoms with van der Waals surface area (Å²) in [6, 6.07) is 1.75. The summed E-state index contributed by atoms with van der Waals surface area (Å²) in [5.41, 5.74) is 10.3. The number of rotatable bonds is 4. The van der Waals surface area contributed by atoms with Gasteiger partial charge in [-0.2, -0.15) is 0 Å². The molecule has 0 radical (unpaired) electrons. The highest BCUT2D eigenvalue weighted by Crippen LogP contribution is 2.26. The zero-order chi connectivity index (χ0) is 13.8. The van der Waals surface area contributed by atoms with Crippen molar-refractivity contribution in [2.24, 2.45) is 12.2 Å². The summed E-state index contributed by atoms with van der Waals surface area (Å²) in [7, 11) is 1.80. The second kappa shape index (κ2) is 5.41. The van der Waals surface area contributed by atoms with Crippen LogP contribution >= 0.6 is 0 Å². The normalized spacial score (nSPS) is 10.2. The molecule has 0 fully saturated rings. The Balaban J connectivity index is 2.68. The summed E-state index contributed by atoms with van der Waals surface area (Å²) in [5, 5.41) is 4.28. The lowest BCUT2D eigenvalue weighted by atomic mass is 10.1. The molecule has 0 saturated heterocycles. The van der Waals surface area contributed by atoms with Crippen LogP contribution in [0.2, 0.25) is 0 Å². The van der Waals surface area contributed by atoms with Gasteiger partial charge in [0.2, 0.25) is 0 Å². The Bertz CT molecular complexity index is 670. The summed E-state index contributed by atoms with van der Waals surface area (Å²) >= 11 is 0. The van der Waals surface area contributed by atoms with E-state index < -0.39 is 5.97 Å². The van der Waals surface area contributed by atoms with Crippen molar-refractivity contribution in [2.45, 2.75) is 13.5 Å². The van der Waals surface area contributed by atoms with Crippen LogP contribution in [-0.4, -0.2) is 22.1 Å². The van der Waals surface area contributed by atoms with Gasteiger partial charge in [-0.05, 0) is 18.5 Å². The number of fused-ring (bicyclic) bond motifs is 1. The predicted octanol–water partition coefficient (Wildman–Crippen LogP) is 2.56. The lowest BCUT2D eigenvalue weighted by Crippen LogP contribution is -2.08. The van der Waals surface area contributed by atoms with E-state index >= 15 is 0 Å². The van der Waals surface area contributed by atoms with Crippen LogP contribution in [0.1, 0.15) is 23.0 Å². The Kier molecular flexibility index (Phi) is 3.68. The van der Waals surface area contributed by atoms with Gasteiger partial charge < -0.3 is 9.30 Å². The summed E-state index contributed by atoms with van der Waals surface area (Å²) in [4.78, 5) is 18.8. The molecular weight excluding hydrogens is 246 g/mol. The highest BCUT2D eigenvalue weighted by molar-refractivity contribution is 6.05. The molecule has 98 valence electrons. The third kappa shape index (κ3) is 2.23. The maximum atomic E-state index is 12.1. The molecule has 0 spiro atoms. The standard InChI is InChI=1S/C12H13N5O2/c1-3-19-12(18)11-8-4-5-14-6-9(8)17(2)10(11)7-15-16-13/h4-6H,3,7H2,1-2H3. The molecule has 0 N–H and O–H groups in total. The first-order valence-corrected chi connectivity index (χ1v) is 5.80. The number of nitrogens with zero attached hydrogens (tertiary/aromatic N) is 5. The van der Waals surface area contributed by atoms with E-state index in [1.54, 1.807) is 37.0 Å². The molecule has 2 aromatic heterocycles. The van der Waals surface area contributed by atoms with E-state index in [0.717, 1.165) is 10.9 Å². The van der Waals surface area contributed by atoms with Crippen molar-refractivity contribution < 1.29 is 9.53 Å². The molecule has 0 amide bonds. The number of hydrogen-bond donors (Lipinski definition) is 0. The number of azide groups is 1. The zero-order valence-corrected chi connectivity index (χ0v) is 10.7. The average Bonchev–Trinajstić information content (AvgIpc) is 2.70. The number of pyridine rings is 1. The van der Waals surface area contributed by atoms with E-state index in [4.69, 9.17) is 10.3 Å². The molecule has 2 heterocycles. The van der Waals surface area contributed by atoms with Gasteiger partial charge >= 0.3 is 5.97 Å². The van der Waals surface area contributed by atoms with Crippen LogP contribution in [0.25, 0.3) is 21.3 Å². The number of carbonyl (C=O) groups excluding carboxylic acids is 1. The van der Waals surface area contributed by atoms with Gasteiger partial charge in [0.05, 0.1) is 30.4 Å². The van der Waals surface area contributed by atoms with E-state index in [1.807, 2.05) is 0 Å². The molecule has 0 aliphatic rings. The van der Waals surface area contributed by atoms with Gasteiger partial charge in [-0.1, -0.05) is 5.11 Å². The minimum Gasteiger partial charge on any atom is -0.462 e. The van der Waals surface area contributed by atoms with E-state index in [9.17, 15) is 4.79 Å². The van der Waals surface area contributed by atoms with Crippen molar-refractivity contribution >= 4 is 16.9 Å². The summed E-state index contributed by atoms with van der Waals surface area (Å²) in [5.74, 6) is -0.414. The lowest BCUT2D eigenvalue weighted by Gasteiger charge is -2.04. The Hall–Kier alpha value is -2.53. The number of esters is 1. The van der Waals surface area contributed by atoms with Crippen molar-refractivity contribution in [3.63, 3.8) is 0 Å². The van der Waals surface area contributed by atoms with Gasteiger partial charge in [0.25, 0.3) is 0 Å². The predicted molar refractivity (Wildman–Crippen MR) is 69.5 cm³/mol. The van der Waals surface area contributed by atoms with Crippen LogP contribution in [0.4, 0.5) is 0 Å². The fourth-order valence-electron chi connectivity index (χ4n) is 2.05. The molecule has 0 atom stereocenters. The summed E-state index contributed by atoms with van der Waals surface area (Å²) in [6.45, 7) is 2.13. The van der Waals surface area contributed by atoms with Crippen LogP contribution in [0, 0.1) is 0 Å². The molecular formula is C12H13N5O2. The monoisotopic (exact) mass is 259 g/mol. The van der Waals surface area contributed by atoms with Gasteiger partial charge in [0, 0.05) is 29.2 Å². The molecule has 0 bridgehead atoms. The van der Waals surface area contributed by atoms with E-state index in [0.29, 0.717) is 17.9 Å². The van der Waals surface area contributed by atoms with Crippen molar-refractivity contribution in [2.75, 3.05) is 6.61 Å². The average molecular weight is 259 g/mol. The van der Waals surface area contributed by atoms with Crippen LogP contribution in [0.3, 0.4) is 0 Å². The Labute approximate surface area is 109 Å². The first-order valence-electron chi connectivity index (χ1n) is 5.80. The minimum atomic E-state index is -0.414. The van der Waals surface area contributed by atoms with Crippen molar-refractivity contribution in [3.8, 4) is 0 Å². The maximum Gasteiger partial charge on any atom is 0.340 e. The van der Waals surface area contributed by atoms with Gasteiger partial charge in [-0.3, -0.25) is 4.98 Å². The topological polar surface area (TPSA) is 92.9 Å². The molecule has 19 heavy (non-hydrogen) atoms. The van der Waals surface area contributed by atoms with E-state index in [1.165, 1.54) is 0 Å². The lowest BCUT2D eigenvalue weighted by molar-refractivity contribution is 0.0527. The highest BCUT2D eigenvalue weighted by Gasteiger charge is 2.21. The molecule has 0 saturated carbocycles. The zero-order valence-electron chi connectivity index (χ0n) is 10.7. The second-order valence-electron chi connectivity index (χ2n) is 3.88. The molecule has 0 aromatic carbocycles. The summed E-state index contributed by atoms with van der Waals surface area (Å²) in [6.07, 6.45) is 3.28. The Morgan fingerprint density at radius 2 is 2.42 bits per heavy atom. The SMILES string of the molecule is CCOC(=O)c1c(CN=[N+]=[N-])n(C)c2cnccc12. The summed E-state index contributed by atoms with van der Waals surface area (Å²) < 4.78 is 6.86. The first kappa shape index (κ1) is 12.9. The van der Waals surface area contributed by atoms with Gasteiger partial charge in [0.15, 0.2) is 0 Å². The fourth-order valence-corrected chi connectivity index (χ4v) is 2.05. The molecule has 7 nitrogen and oxygen atoms in total. The van der Waals surface area contributed by atoms with Crippen LogP contribution < -0.4 is 0 Å². The van der Waals surface area contributed by atoms with Gasteiger partial charge in [0.1, 0.15) is 0 Å². The molecule has 2 rings (SSSR count). The largest absolute Gasteiger partial charge is 0.462 e. The molecule has 0 aliphatic heterocycles. The molecule has 7 heteroatoms. The Morgan fingerprint density at radius 1 is 1.63 bits per heavy atom. The number of aromatic nitrogens is 2. The molecule has 2 aromatic rings. The Morgan fingerprint density at radius 3 is 3.11 bits per heavy atom. The smallest absolute Gasteiger partial charge is 0.340 e. The second-order valence-corrected chi connectivity index (χ2v) is 3.88. The number of hydrogen-bond acceptors (Lipinski definition) is 4.